The lowest BCUT2D eigenvalue weighted by Crippen LogP contribution is -2.46. The highest BCUT2D eigenvalue weighted by atomic mass is 32.1. The Morgan fingerprint density at radius 3 is 2.56 bits per heavy atom. The van der Waals surface area contributed by atoms with Gasteiger partial charge in [0.1, 0.15) is 0 Å². The van der Waals surface area contributed by atoms with Crippen LogP contribution in [0.3, 0.4) is 0 Å². The summed E-state index contributed by atoms with van der Waals surface area (Å²) in [5.74, 6) is 0.113. The molecule has 0 aliphatic heterocycles. The number of hydrogen-bond donors (Lipinski definition) is 1. The molecule has 0 bridgehead atoms. The molecule has 0 atom stereocenters. The molecule has 1 heterocycles. The first-order chi connectivity index (χ1) is 7.36. The highest BCUT2D eigenvalue weighted by Gasteiger charge is 2.24. The van der Waals surface area contributed by atoms with Crippen molar-refractivity contribution in [2.45, 2.75) is 26.3 Å². The second-order valence-corrected chi connectivity index (χ2v) is 5.95. The van der Waals surface area contributed by atoms with Crippen molar-refractivity contribution in [3.05, 3.63) is 21.9 Å². The Morgan fingerprint density at radius 1 is 1.50 bits per heavy atom. The van der Waals surface area contributed by atoms with Crippen LogP contribution in [0.15, 0.2) is 12.1 Å². The van der Waals surface area contributed by atoms with Crippen LogP contribution in [0, 0.1) is 6.92 Å². The molecular weight excluding hydrogens is 222 g/mol. The second kappa shape index (κ2) is 5.08. The van der Waals surface area contributed by atoms with E-state index in [1.54, 1.807) is 0 Å². The maximum Gasteiger partial charge on any atom is 0.186 e. The summed E-state index contributed by atoms with van der Waals surface area (Å²) < 4.78 is 0. The first-order valence-electron chi connectivity index (χ1n) is 5.28. The molecule has 0 saturated heterocycles. The van der Waals surface area contributed by atoms with Crippen LogP contribution in [0.5, 0.6) is 0 Å². The number of hydrogen-bond acceptors (Lipinski definition) is 4. The number of ketones is 1. The van der Waals surface area contributed by atoms with Gasteiger partial charge in [0.25, 0.3) is 0 Å². The Morgan fingerprint density at radius 2 is 2.12 bits per heavy atom. The van der Waals surface area contributed by atoms with Gasteiger partial charge in [-0.15, -0.1) is 11.3 Å². The number of rotatable bonds is 5. The third kappa shape index (κ3) is 3.14. The van der Waals surface area contributed by atoms with E-state index in [1.165, 1.54) is 11.3 Å². The summed E-state index contributed by atoms with van der Waals surface area (Å²) in [4.78, 5) is 15.7. The summed E-state index contributed by atoms with van der Waals surface area (Å²) >= 11 is 1.52. The van der Waals surface area contributed by atoms with Gasteiger partial charge in [0.15, 0.2) is 5.78 Å². The Kier molecular flexibility index (Phi) is 4.24. The maximum atomic E-state index is 11.9. The summed E-state index contributed by atoms with van der Waals surface area (Å²) in [5.41, 5.74) is -0.359. The molecule has 0 saturated carbocycles. The van der Waals surface area contributed by atoms with Crippen LogP contribution in [0.4, 0.5) is 0 Å². The van der Waals surface area contributed by atoms with Gasteiger partial charge in [-0.1, -0.05) is 0 Å². The first kappa shape index (κ1) is 13.4. The summed E-state index contributed by atoms with van der Waals surface area (Å²) in [6.45, 7) is 6.20. The third-order valence-electron chi connectivity index (χ3n) is 2.82. The number of Topliss-reactive ketones (excluding diaryl/α,β-unsaturated/α-hetero) is 1. The number of aliphatic hydroxyl groups is 1. The summed E-state index contributed by atoms with van der Waals surface area (Å²) in [5, 5.41) is 9.20. The van der Waals surface area contributed by atoms with E-state index in [0.717, 1.165) is 9.75 Å². The van der Waals surface area contributed by atoms with Crippen molar-refractivity contribution in [2.75, 3.05) is 20.2 Å². The van der Waals surface area contributed by atoms with E-state index >= 15 is 0 Å². The molecule has 3 nitrogen and oxygen atoms in total. The Hall–Kier alpha value is -0.710. The number of carbonyl (C=O) groups is 1. The lowest BCUT2D eigenvalue weighted by atomic mass is 10.0. The van der Waals surface area contributed by atoms with E-state index in [0.29, 0.717) is 6.54 Å². The van der Waals surface area contributed by atoms with Crippen LogP contribution >= 0.6 is 11.3 Å². The van der Waals surface area contributed by atoms with Crippen LogP contribution in [0.2, 0.25) is 0 Å². The smallest absolute Gasteiger partial charge is 0.186 e. The molecular formula is C12H19NO2S. The summed E-state index contributed by atoms with van der Waals surface area (Å²) in [7, 11) is 1.86. The largest absolute Gasteiger partial charge is 0.394 e. The van der Waals surface area contributed by atoms with E-state index in [2.05, 4.69) is 0 Å². The molecule has 0 radical (unpaired) electrons. The second-order valence-electron chi connectivity index (χ2n) is 4.66. The molecule has 1 aromatic heterocycles. The first-order valence-corrected chi connectivity index (χ1v) is 6.10. The predicted octanol–water partition coefficient (Wildman–Crippen LogP) is 1.94. The van der Waals surface area contributed by atoms with Gasteiger partial charge in [-0.2, -0.15) is 0 Å². The van der Waals surface area contributed by atoms with Crippen molar-refractivity contribution in [1.82, 2.24) is 4.90 Å². The molecule has 90 valence electrons. The maximum absolute atomic E-state index is 11.9. The van der Waals surface area contributed by atoms with Crippen molar-refractivity contribution in [3.8, 4) is 0 Å². The van der Waals surface area contributed by atoms with E-state index in [1.807, 2.05) is 44.9 Å². The SMILES string of the molecule is Cc1ccc(C(=O)CN(C)C(C)(C)CO)s1. The minimum absolute atomic E-state index is 0.0419. The number of aliphatic hydroxyl groups excluding tert-OH is 1. The van der Waals surface area contributed by atoms with Crippen LogP contribution in [0.25, 0.3) is 0 Å². The van der Waals surface area contributed by atoms with Gasteiger partial charge < -0.3 is 5.11 Å². The van der Waals surface area contributed by atoms with Crippen molar-refractivity contribution in [2.24, 2.45) is 0 Å². The molecule has 0 spiro atoms. The normalized spacial score (nSPS) is 12.1. The molecule has 1 N–H and O–H groups in total. The molecule has 0 unspecified atom stereocenters. The number of aryl methyl sites for hydroxylation is 1. The summed E-state index contributed by atoms with van der Waals surface area (Å²) in [6, 6.07) is 3.82. The summed E-state index contributed by atoms with van der Waals surface area (Å²) in [6.07, 6.45) is 0. The molecule has 0 aromatic carbocycles. The molecule has 4 heteroatoms. The topological polar surface area (TPSA) is 40.5 Å². The fraction of sp³-hybridized carbons (Fsp3) is 0.583. The van der Waals surface area contributed by atoms with Gasteiger partial charge in [-0.3, -0.25) is 9.69 Å². The van der Waals surface area contributed by atoms with E-state index < -0.39 is 0 Å². The molecule has 0 aliphatic rings. The van der Waals surface area contributed by atoms with Gasteiger partial charge >= 0.3 is 0 Å². The number of likely N-dealkylation sites (N-methyl/N-ethyl adjacent to an activating group) is 1. The zero-order valence-corrected chi connectivity index (χ0v) is 11.1. The van der Waals surface area contributed by atoms with Crippen molar-refractivity contribution in [3.63, 3.8) is 0 Å². The molecule has 0 aliphatic carbocycles. The van der Waals surface area contributed by atoms with Gasteiger partial charge in [-0.05, 0) is 40.0 Å². The minimum Gasteiger partial charge on any atom is -0.394 e. The zero-order valence-electron chi connectivity index (χ0n) is 10.3. The quantitative estimate of drug-likeness (QED) is 0.801. The Balaban J connectivity index is 2.65. The minimum atomic E-state index is -0.359. The zero-order chi connectivity index (χ0) is 12.3. The van der Waals surface area contributed by atoms with Gasteiger partial charge in [0.05, 0.1) is 18.0 Å². The van der Waals surface area contributed by atoms with Crippen LogP contribution in [0.1, 0.15) is 28.4 Å². The van der Waals surface area contributed by atoms with Crippen LogP contribution < -0.4 is 0 Å². The van der Waals surface area contributed by atoms with Gasteiger partial charge in [0, 0.05) is 10.4 Å². The molecule has 1 rings (SSSR count). The standard InChI is InChI=1S/C12H19NO2S/c1-9-5-6-11(16-9)10(15)7-13(4)12(2,3)8-14/h5-6,14H,7-8H2,1-4H3. The van der Waals surface area contributed by atoms with Gasteiger partial charge in [0.2, 0.25) is 0 Å². The van der Waals surface area contributed by atoms with E-state index in [9.17, 15) is 9.90 Å². The Bertz CT molecular complexity index is 371. The number of nitrogens with zero attached hydrogens (tertiary/aromatic N) is 1. The van der Waals surface area contributed by atoms with Crippen molar-refractivity contribution in [1.29, 1.82) is 0 Å². The highest BCUT2D eigenvalue weighted by molar-refractivity contribution is 7.14. The average Bonchev–Trinajstić information content (AvgIpc) is 2.64. The molecule has 0 fully saturated rings. The fourth-order valence-electron chi connectivity index (χ4n) is 1.21. The monoisotopic (exact) mass is 241 g/mol. The number of carbonyl (C=O) groups excluding carboxylic acids is 1. The third-order valence-corrected chi connectivity index (χ3v) is 3.86. The van der Waals surface area contributed by atoms with Crippen LogP contribution in [-0.4, -0.2) is 41.5 Å². The highest BCUT2D eigenvalue weighted by Crippen LogP contribution is 2.18. The molecule has 16 heavy (non-hydrogen) atoms. The fourth-order valence-corrected chi connectivity index (χ4v) is 2.01. The molecule has 1 aromatic rings. The van der Waals surface area contributed by atoms with Crippen molar-refractivity contribution < 1.29 is 9.90 Å². The molecule has 0 amide bonds. The van der Waals surface area contributed by atoms with E-state index in [4.69, 9.17) is 0 Å². The predicted molar refractivity (Wildman–Crippen MR) is 67.2 cm³/mol. The lowest BCUT2D eigenvalue weighted by molar-refractivity contribution is 0.0662. The van der Waals surface area contributed by atoms with Crippen molar-refractivity contribution >= 4 is 17.1 Å². The Labute approximate surface area is 101 Å². The number of thiophene rings is 1. The van der Waals surface area contributed by atoms with E-state index in [-0.39, 0.29) is 17.9 Å². The van der Waals surface area contributed by atoms with Crippen LogP contribution in [-0.2, 0) is 0 Å². The van der Waals surface area contributed by atoms with Gasteiger partial charge in [-0.25, -0.2) is 0 Å². The average molecular weight is 241 g/mol. The lowest BCUT2D eigenvalue weighted by Gasteiger charge is -2.33.